The number of nitriles is 1. The van der Waals surface area contributed by atoms with Crippen LogP contribution in [0.3, 0.4) is 0 Å². The molecule has 0 saturated heterocycles. The Hall–Kier alpha value is -1.82. The Morgan fingerprint density at radius 1 is 1.19 bits per heavy atom. The van der Waals surface area contributed by atoms with Crippen LogP contribution < -0.4 is 4.90 Å². The van der Waals surface area contributed by atoms with Gasteiger partial charge in [-0.25, -0.2) is 13.1 Å². The number of aromatic nitrogens is 2. The van der Waals surface area contributed by atoms with E-state index in [2.05, 4.69) is 5.10 Å². The molecule has 0 fully saturated rings. The van der Waals surface area contributed by atoms with E-state index in [0.29, 0.717) is 22.6 Å². The summed E-state index contributed by atoms with van der Waals surface area (Å²) < 4.78 is 104. The molecule has 0 spiro atoms. The molecule has 1 aromatic carbocycles. The first-order chi connectivity index (χ1) is 14.6. The summed E-state index contributed by atoms with van der Waals surface area (Å²) >= 11 is 13.2. The monoisotopic (exact) mass is 540 g/mol. The Labute approximate surface area is 192 Å². The molecule has 0 atom stereocenters. The lowest BCUT2D eigenvalue weighted by Gasteiger charge is -2.23. The minimum absolute atomic E-state index is 0.00597. The summed E-state index contributed by atoms with van der Waals surface area (Å²) in [5, 5.41) is 11.5. The number of rotatable bonds is 6. The van der Waals surface area contributed by atoms with E-state index in [1.54, 1.807) is 6.26 Å². The van der Waals surface area contributed by atoms with Crippen LogP contribution in [0.2, 0.25) is 10.0 Å². The van der Waals surface area contributed by atoms with Gasteiger partial charge in [0.15, 0.2) is 16.4 Å². The van der Waals surface area contributed by atoms with Gasteiger partial charge in [0.25, 0.3) is 9.84 Å². The third-order valence-electron chi connectivity index (χ3n) is 4.05. The zero-order chi connectivity index (χ0) is 24.6. The van der Waals surface area contributed by atoms with E-state index in [-0.39, 0.29) is 6.54 Å². The normalized spacial score (nSPS) is 12.7. The van der Waals surface area contributed by atoms with Crippen molar-refractivity contribution in [2.75, 3.05) is 30.5 Å². The molecule has 0 unspecified atom stereocenters. The van der Waals surface area contributed by atoms with Crippen molar-refractivity contribution >= 4 is 50.6 Å². The summed E-state index contributed by atoms with van der Waals surface area (Å²) in [6.07, 6.45) is -3.15. The lowest BCUT2D eigenvalue weighted by molar-refractivity contribution is -0.137. The molecule has 1 aromatic heterocycles. The smallest absolute Gasteiger partial charge is 0.358 e. The van der Waals surface area contributed by atoms with Crippen molar-refractivity contribution in [3.05, 3.63) is 33.4 Å². The number of halogens is 8. The molecule has 32 heavy (non-hydrogen) atoms. The first kappa shape index (κ1) is 26.4. The highest BCUT2D eigenvalue weighted by molar-refractivity contribution is 7.98. The Balaban J connectivity index is 2.96. The van der Waals surface area contributed by atoms with Crippen molar-refractivity contribution in [3.63, 3.8) is 0 Å². The highest BCUT2D eigenvalue weighted by Gasteiger charge is 2.51. The van der Waals surface area contributed by atoms with Gasteiger partial charge in [0.1, 0.15) is 11.8 Å². The average Bonchev–Trinajstić information content (AvgIpc) is 3.03. The lowest BCUT2D eigenvalue weighted by atomic mass is 10.2. The first-order valence-electron chi connectivity index (χ1n) is 8.19. The predicted molar refractivity (Wildman–Crippen MR) is 108 cm³/mol. The van der Waals surface area contributed by atoms with Gasteiger partial charge in [-0.15, -0.1) is 0 Å². The second-order valence-corrected chi connectivity index (χ2v) is 9.85. The fraction of sp³-hybridized carbons (Fsp3) is 0.375. The van der Waals surface area contributed by atoms with E-state index in [9.17, 15) is 40.0 Å². The number of benzene rings is 1. The van der Waals surface area contributed by atoms with E-state index in [4.69, 9.17) is 23.2 Å². The van der Waals surface area contributed by atoms with Gasteiger partial charge in [0.05, 0.1) is 15.6 Å². The third kappa shape index (κ3) is 4.90. The van der Waals surface area contributed by atoms with Crippen molar-refractivity contribution in [1.82, 2.24) is 9.78 Å². The fourth-order valence-electron chi connectivity index (χ4n) is 2.59. The molecular weight excluding hydrogens is 529 g/mol. The zero-order valence-corrected chi connectivity index (χ0v) is 19.2. The van der Waals surface area contributed by atoms with Crippen LogP contribution in [0.5, 0.6) is 0 Å². The minimum atomic E-state index is -6.08. The van der Waals surface area contributed by atoms with Gasteiger partial charge in [-0.1, -0.05) is 23.2 Å². The van der Waals surface area contributed by atoms with E-state index in [1.807, 2.05) is 0 Å². The Kier molecular flexibility index (Phi) is 7.60. The van der Waals surface area contributed by atoms with E-state index in [0.717, 1.165) is 4.90 Å². The van der Waals surface area contributed by atoms with Crippen LogP contribution in [0.1, 0.15) is 11.3 Å². The van der Waals surface area contributed by atoms with Gasteiger partial charge >= 0.3 is 11.7 Å². The molecule has 1 heterocycles. The van der Waals surface area contributed by atoms with E-state index >= 15 is 0 Å². The highest BCUT2D eigenvalue weighted by Crippen LogP contribution is 2.43. The van der Waals surface area contributed by atoms with Crippen LogP contribution in [-0.4, -0.2) is 49.3 Å². The number of anilines is 1. The summed E-state index contributed by atoms with van der Waals surface area (Å²) in [6.45, 7) is -0.00597. The van der Waals surface area contributed by atoms with Crippen molar-refractivity contribution in [1.29, 1.82) is 5.26 Å². The average molecular weight is 541 g/mol. The molecule has 0 radical (unpaired) electrons. The molecule has 0 N–H and O–H groups in total. The maximum atomic E-state index is 13.4. The quantitative estimate of drug-likeness (QED) is 0.471. The van der Waals surface area contributed by atoms with Crippen LogP contribution >= 0.6 is 35.0 Å². The molecule has 0 aliphatic heterocycles. The molecule has 2 aromatic rings. The standard InChI is InChI=1S/C16H12Cl2F6N4O2S2/c1-27(3-4-31-2)14-13(32(29,30)16(22,23)24)11(7-25)26-28(14)12-9(17)5-8(6-10(12)18)15(19,20)21/h5-6H,3-4H2,1-2H3. The molecular formula is C16H12Cl2F6N4O2S2. The third-order valence-corrected chi connectivity index (χ3v) is 6.74. The molecule has 176 valence electrons. The number of sulfone groups is 1. The minimum Gasteiger partial charge on any atom is -0.358 e. The summed E-state index contributed by atoms with van der Waals surface area (Å²) in [5.74, 6) is -0.403. The van der Waals surface area contributed by atoms with Crippen LogP contribution in [-0.2, 0) is 16.0 Å². The molecule has 2 rings (SSSR count). The molecule has 0 amide bonds. The molecule has 0 aliphatic carbocycles. The molecule has 16 heteroatoms. The highest BCUT2D eigenvalue weighted by atomic mass is 35.5. The van der Waals surface area contributed by atoms with Gasteiger partial charge in [0.2, 0.25) is 0 Å². The number of nitrogens with zero attached hydrogens (tertiary/aromatic N) is 4. The SMILES string of the molecule is CSCCN(C)c1c(S(=O)(=O)C(F)(F)F)c(C#N)nn1-c1c(Cl)cc(C(F)(F)F)cc1Cl. The molecule has 0 aliphatic rings. The van der Waals surface area contributed by atoms with Crippen LogP contribution in [0.25, 0.3) is 5.69 Å². The summed E-state index contributed by atoms with van der Waals surface area (Å²) in [4.78, 5) is -0.393. The lowest BCUT2D eigenvalue weighted by Crippen LogP contribution is -2.29. The summed E-state index contributed by atoms with van der Waals surface area (Å²) in [5.41, 5.74) is -8.67. The van der Waals surface area contributed by atoms with Crippen molar-refractivity contribution < 1.29 is 34.8 Å². The Morgan fingerprint density at radius 3 is 2.12 bits per heavy atom. The Bertz CT molecular complexity index is 1150. The number of hydrogen-bond acceptors (Lipinski definition) is 6. The molecule has 0 saturated carbocycles. The van der Waals surface area contributed by atoms with Crippen LogP contribution in [0.15, 0.2) is 17.0 Å². The van der Waals surface area contributed by atoms with Crippen LogP contribution in [0, 0.1) is 11.3 Å². The second kappa shape index (κ2) is 9.20. The second-order valence-electron chi connectivity index (χ2n) is 6.17. The molecule has 0 bridgehead atoms. The Morgan fingerprint density at radius 2 is 1.72 bits per heavy atom. The van der Waals surface area contributed by atoms with Gasteiger partial charge in [-0.05, 0) is 18.4 Å². The van der Waals surface area contributed by atoms with E-state index < -0.39 is 59.2 Å². The predicted octanol–water partition coefficient (Wildman–Crippen LogP) is 5.16. The van der Waals surface area contributed by atoms with Gasteiger partial charge in [0, 0.05) is 19.3 Å². The first-order valence-corrected chi connectivity index (χ1v) is 11.8. The van der Waals surface area contributed by atoms with E-state index in [1.165, 1.54) is 24.9 Å². The maximum Gasteiger partial charge on any atom is 0.502 e. The zero-order valence-electron chi connectivity index (χ0n) is 16.0. The largest absolute Gasteiger partial charge is 0.502 e. The topological polar surface area (TPSA) is 79.0 Å². The summed E-state index contributed by atoms with van der Waals surface area (Å²) in [6, 6.07) is 2.20. The van der Waals surface area contributed by atoms with Gasteiger partial charge < -0.3 is 4.90 Å². The summed E-state index contributed by atoms with van der Waals surface area (Å²) in [7, 11) is -4.86. The fourth-order valence-corrected chi connectivity index (χ4v) is 4.75. The van der Waals surface area contributed by atoms with Crippen molar-refractivity contribution in [3.8, 4) is 11.8 Å². The molecule has 6 nitrogen and oxygen atoms in total. The maximum absolute atomic E-state index is 13.4. The van der Waals surface area contributed by atoms with Gasteiger partial charge in [-0.3, -0.25) is 0 Å². The van der Waals surface area contributed by atoms with Crippen LogP contribution in [0.4, 0.5) is 32.2 Å². The number of thioether (sulfide) groups is 1. The van der Waals surface area contributed by atoms with Crippen molar-refractivity contribution in [2.24, 2.45) is 0 Å². The van der Waals surface area contributed by atoms with Gasteiger partial charge in [-0.2, -0.15) is 48.5 Å². The van der Waals surface area contributed by atoms with Crippen molar-refractivity contribution in [2.45, 2.75) is 16.6 Å². The number of alkyl halides is 6. The number of hydrogen-bond donors (Lipinski definition) is 0.